The monoisotopic (exact) mass is 264 g/mol. The lowest BCUT2D eigenvalue weighted by Gasteiger charge is -2.21. The van der Waals surface area contributed by atoms with Crippen molar-refractivity contribution in [3.05, 3.63) is 29.3 Å². The summed E-state index contributed by atoms with van der Waals surface area (Å²) in [6.07, 6.45) is 0. The average molecular weight is 264 g/mol. The van der Waals surface area contributed by atoms with Crippen LogP contribution in [0.4, 0.5) is 0 Å². The zero-order valence-electron chi connectivity index (χ0n) is 12.9. The summed E-state index contributed by atoms with van der Waals surface area (Å²) >= 11 is 0. The quantitative estimate of drug-likeness (QED) is 0.822. The molecule has 0 spiro atoms. The molecule has 0 fully saturated rings. The van der Waals surface area contributed by atoms with Gasteiger partial charge in [-0.05, 0) is 44.5 Å². The molecule has 0 bridgehead atoms. The zero-order chi connectivity index (χ0) is 14.4. The van der Waals surface area contributed by atoms with Crippen LogP contribution < -0.4 is 10.5 Å². The minimum Gasteiger partial charge on any atom is -0.494 e. The van der Waals surface area contributed by atoms with E-state index in [2.05, 4.69) is 37.9 Å². The van der Waals surface area contributed by atoms with Crippen LogP contribution >= 0.6 is 0 Å². The Morgan fingerprint density at radius 2 is 1.95 bits per heavy atom. The predicted octanol–water partition coefficient (Wildman–Crippen LogP) is 3.19. The molecular formula is C16H28N2O. The number of nitrogens with two attached hydrogens (primary N) is 1. The Kier molecular flexibility index (Phi) is 6.32. The molecular weight excluding hydrogens is 236 g/mol. The van der Waals surface area contributed by atoms with Crippen molar-refractivity contribution in [3.63, 3.8) is 0 Å². The molecule has 0 amide bonds. The molecule has 0 saturated heterocycles. The van der Waals surface area contributed by atoms with E-state index >= 15 is 0 Å². The Balaban J connectivity index is 2.90. The highest BCUT2D eigenvalue weighted by Crippen LogP contribution is 2.24. The van der Waals surface area contributed by atoms with Crippen molar-refractivity contribution in [1.29, 1.82) is 0 Å². The van der Waals surface area contributed by atoms with Gasteiger partial charge in [-0.3, -0.25) is 0 Å². The third-order valence-electron chi connectivity index (χ3n) is 3.03. The van der Waals surface area contributed by atoms with Gasteiger partial charge in [0, 0.05) is 24.7 Å². The van der Waals surface area contributed by atoms with Crippen LogP contribution in [0, 0.1) is 5.92 Å². The molecule has 0 saturated carbocycles. The zero-order valence-corrected chi connectivity index (χ0v) is 12.9. The third-order valence-corrected chi connectivity index (χ3v) is 3.03. The second kappa shape index (κ2) is 7.51. The first-order valence-electron chi connectivity index (χ1n) is 7.13. The predicted molar refractivity (Wildman–Crippen MR) is 81.4 cm³/mol. The van der Waals surface area contributed by atoms with E-state index in [1.807, 2.05) is 19.9 Å². The van der Waals surface area contributed by atoms with Crippen LogP contribution in [0.15, 0.2) is 18.2 Å². The molecule has 0 aliphatic rings. The first-order valence-corrected chi connectivity index (χ1v) is 7.13. The van der Waals surface area contributed by atoms with Crippen molar-refractivity contribution < 1.29 is 4.74 Å². The number of benzene rings is 1. The molecule has 0 aromatic heterocycles. The fraction of sp³-hybridized carbons (Fsp3) is 0.625. The van der Waals surface area contributed by atoms with Gasteiger partial charge >= 0.3 is 0 Å². The van der Waals surface area contributed by atoms with Crippen molar-refractivity contribution in [2.75, 3.05) is 20.2 Å². The molecule has 108 valence electrons. The van der Waals surface area contributed by atoms with E-state index in [1.54, 1.807) is 0 Å². The standard InChI is InChI=1S/C16H28N2O/c1-6-19-16-8-7-14(13(4)17)9-15(16)11-18(5)10-12(2)3/h7-9,12-13H,6,10-11,17H2,1-5H3. The fourth-order valence-corrected chi connectivity index (χ4v) is 2.28. The Labute approximate surface area is 117 Å². The van der Waals surface area contributed by atoms with Crippen LogP contribution in [0.5, 0.6) is 5.75 Å². The number of rotatable bonds is 7. The van der Waals surface area contributed by atoms with Crippen LogP contribution in [0.2, 0.25) is 0 Å². The maximum absolute atomic E-state index is 5.96. The number of ether oxygens (including phenoxy) is 1. The summed E-state index contributed by atoms with van der Waals surface area (Å²) in [5, 5.41) is 0. The Morgan fingerprint density at radius 1 is 1.26 bits per heavy atom. The average Bonchev–Trinajstić information content (AvgIpc) is 2.30. The minimum absolute atomic E-state index is 0.0600. The molecule has 0 radical (unpaired) electrons. The summed E-state index contributed by atoms with van der Waals surface area (Å²) in [6.45, 7) is 11.2. The summed E-state index contributed by atoms with van der Waals surface area (Å²) in [5.74, 6) is 1.64. The van der Waals surface area contributed by atoms with Gasteiger partial charge in [-0.2, -0.15) is 0 Å². The summed E-state index contributed by atoms with van der Waals surface area (Å²) in [7, 11) is 2.15. The Morgan fingerprint density at radius 3 is 2.47 bits per heavy atom. The van der Waals surface area contributed by atoms with Gasteiger partial charge in [-0.25, -0.2) is 0 Å². The van der Waals surface area contributed by atoms with Crippen LogP contribution in [-0.4, -0.2) is 25.1 Å². The molecule has 0 aliphatic carbocycles. The van der Waals surface area contributed by atoms with Gasteiger partial charge in [0.2, 0.25) is 0 Å². The van der Waals surface area contributed by atoms with Crippen LogP contribution in [-0.2, 0) is 6.54 Å². The molecule has 19 heavy (non-hydrogen) atoms. The van der Waals surface area contributed by atoms with Crippen LogP contribution in [0.3, 0.4) is 0 Å². The smallest absolute Gasteiger partial charge is 0.123 e. The molecule has 0 aliphatic heterocycles. The molecule has 0 heterocycles. The van der Waals surface area contributed by atoms with Crippen molar-refractivity contribution >= 4 is 0 Å². The summed E-state index contributed by atoms with van der Waals surface area (Å²) in [5.41, 5.74) is 8.35. The van der Waals surface area contributed by atoms with E-state index in [1.165, 1.54) is 5.56 Å². The highest BCUT2D eigenvalue weighted by atomic mass is 16.5. The summed E-state index contributed by atoms with van der Waals surface area (Å²) in [4.78, 5) is 2.33. The Bertz CT molecular complexity index is 388. The van der Waals surface area contributed by atoms with Crippen molar-refractivity contribution in [3.8, 4) is 5.75 Å². The minimum atomic E-state index is 0.0600. The largest absolute Gasteiger partial charge is 0.494 e. The molecule has 1 atom stereocenters. The van der Waals surface area contributed by atoms with Crippen molar-refractivity contribution in [2.45, 2.75) is 40.3 Å². The maximum Gasteiger partial charge on any atom is 0.123 e. The Hall–Kier alpha value is -1.06. The number of hydrogen-bond acceptors (Lipinski definition) is 3. The van der Waals surface area contributed by atoms with Crippen molar-refractivity contribution in [1.82, 2.24) is 4.90 Å². The van der Waals surface area contributed by atoms with Crippen LogP contribution in [0.25, 0.3) is 0 Å². The van der Waals surface area contributed by atoms with E-state index in [4.69, 9.17) is 10.5 Å². The first kappa shape index (κ1) is 16.0. The number of nitrogens with zero attached hydrogens (tertiary/aromatic N) is 1. The molecule has 1 rings (SSSR count). The second-order valence-electron chi connectivity index (χ2n) is 5.68. The lowest BCUT2D eigenvalue weighted by atomic mass is 10.0. The molecule has 3 heteroatoms. The SMILES string of the molecule is CCOc1ccc(C(C)N)cc1CN(C)CC(C)C. The van der Waals surface area contributed by atoms with Gasteiger partial charge in [0.1, 0.15) is 5.75 Å². The summed E-state index contributed by atoms with van der Waals surface area (Å²) in [6, 6.07) is 6.33. The van der Waals surface area contributed by atoms with Gasteiger partial charge in [0.15, 0.2) is 0 Å². The molecule has 2 N–H and O–H groups in total. The summed E-state index contributed by atoms with van der Waals surface area (Å²) < 4.78 is 5.71. The lowest BCUT2D eigenvalue weighted by molar-refractivity contribution is 0.277. The molecule has 1 unspecified atom stereocenters. The molecule has 1 aromatic carbocycles. The normalized spacial score (nSPS) is 13.1. The molecule has 1 aromatic rings. The van der Waals surface area contributed by atoms with E-state index < -0.39 is 0 Å². The second-order valence-corrected chi connectivity index (χ2v) is 5.68. The number of hydrogen-bond donors (Lipinski definition) is 1. The van der Waals surface area contributed by atoms with Gasteiger partial charge in [0.25, 0.3) is 0 Å². The van der Waals surface area contributed by atoms with Gasteiger partial charge in [-0.15, -0.1) is 0 Å². The van der Waals surface area contributed by atoms with Gasteiger partial charge in [0.05, 0.1) is 6.61 Å². The van der Waals surface area contributed by atoms with E-state index in [-0.39, 0.29) is 6.04 Å². The highest BCUT2D eigenvalue weighted by molar-refractivity contribution is 5.38. The van der Waals surface area contributed by atoms with Gasteiger partial charge in [-0.1, -0.05) is 19.9 Å². The lowest BCUT2D eigenvalue weighted by Crippen LogP contribution is -2.23. The molecule has 3 nitrogen and oxygen atoms in total. The van der Waals surface area contributed by atoms with Crippen LogP contribution in [0.1, 0.15) is 44.9 Å². The van der Waals surface area contributed by atoms with Crippen molar-refractivity contribution in [2.24, 2.45) is 11.7 Å². The van der Waals surface area contributed by atoms with E-state index in [9.17, 15) is 0 Å². The van der Waals surface area contributed by atoms with E-state index in [0.29, 0.717) is 12.5 Å². The topological polar surface area (TPSA) is 38.5 Å². The van der Waals surface area contributed by atoms with E-state index in [0.717, 1.165) is 24.4 Å². The fourth-order valence-electron chi connectivity index (χ4n) is 2.28. The van der Waals surface area contributed by atoms with Gasteiger partial charge < -0.3 is 15.4 Å². The first-order chi connectivity index (χ1) is 8.93. The maximum atomic E-state index is 5.96. The highest BCUT2D eigenvalue weighted by Gasteiger charge is 2.10. The third kappa shape index (κ3) is 5.21.